The highest BCUT2D eigenvalue weighted by Crippen LogP contribution is 2.12. The van der Waals surface area contributed by atoms with Gasteiger partial charge in [0.1, 0.15) is 0 Å². The second kappa shape index (κ2) is 5.55. The van der Waals surface area contributed by atoms with E-state index in [0.29, 0.717) is 0 Å². The molecule has 0 heterocycles. The Hall–Kier alpha value is -1.08. The van der Waals surface area contributed by atoms with Crippen molar-refractivity contribution in [2.24, 2.45) is 0 Å². The minimum absolute atomic E-state index is 1.05. The highest BCUT2D eigenvalue weighted by Gasteiger charge is 1.91. The van der Waals surface area contributed by atoms with Crippen molar-refractivity contribution in [3.8, 4) is 0 Å². The lowest BCUT2D eigenvalue weighted by atomic mass is 10.1. The number of nitrogens with one attached hydrogen (secondary N) is 1. The largest absolute Gasteiger partial charge is 0.319 e. The summed E-state index contributed by atoms with van der Waals surface area (Å²) in [5.74, 6) is 0. The minimum atomic E-state index is 1.05. The number of rotatable bonds is 4. The molecular weight excluding hydrogens is 158 g/mol. The van der Waals surface area contributed by atoms with E-state index >= 15 is 0 Å². The van der Waals surface area contributed by atoms with Crippen LogP contribution in [0.3, 0.4) is 0 Å². The Morgan fingerprint density at radius 3 is 2.62 bits per heavy atom. The van der Waals surface area contributed by atoms with E-state index in [9.17, 15) is 0 Å². The maximum Gasteiger partial charge on any atom is -0.00171 e. The summed E-state index contributed by atoms with van der Waals surface area (Å²) in [6.45, 7) is 3.20. The van der Waals surface area contributed by atoms with Crippen LogP contribution < -0.4 is 5.32 Å². The molecule has 0 fully saturated rings. The first-order valence-corrected chi connectivity index (χ1v) is 4.71. The summed E-state index contributed by atoms with van der Waals surface area (Å²) in [5.41, 5.74) is 2.68. The Labute approximate surface area is 80.5 Å². The van der Waals surface area contributed by atoms with Crippen LogP contribution in [0.2, 0.25) is 0 Å². The third-order valence-corrected chi connectivity index (χ3v) is 2.07. The third kappa shape index (κ3) is 3.43. The van der Waals surface area contributed by atoms with Gasteiger partial charge >= 0.3 is 0 Å². The van der Waals surface area contributed by atoms with E-state index in [-0.39, 0.29) is 0 Å². The summed E-state index contributed by atoms with van der Waals surface area (Å²) in [7, 11) is 1.98. The number of hydrogen-bond acceptors (Lipinski definition) is 1. The van der Waals surface area contributed by atoms with Gasteiger partial charge in [0.2, 0.25) is 0 Å². The summed E-state index contributed by atoms with van der Waals surface area (Å²) in [5, 5.41) is 3.13. The van der Waals surface area contributed by atoms with Crippen LogP contribution in [-0.2, 0) is 0 Å². The van der Waals surface area contributed by atoms with Crippen molar-refractivity contribution in [3.63, 3.8) is 0 Å². The SMILES string of the molecule is CNCCC=C(C)c1ccccc1. The summed E-state index contributed by atoms with van der Waals surface area (Å²) < 4.78 is 0. The average molecular weight is 175 g/mol. The molecule has 0 amide bonds. The van der Waals surface area contributed by atoms with Crippen LogP contribution in [0.15, 0.2) is 36.4 Å². The van der Waals surface area contributed by atoms with Crippen LogP contribution in [-0.4, -0.2) is 13.6 Å². The third-order valence-electron chi connectivity index (χ3n) is 2.07. The first kappa shape index (κ1) is 10.0. The molecule has 0 aliphatic rings. The van der Waals surface area contributed by atoms with Crippen molar-refractivity contribution in [2.45, 2.75) is 13.3 Å². The smallest absolute Gasteiger partial charge is 0.00171 e. The predicted octanol–water partition coefficient (Wildman–Crippen LogP) is 2.70. The molecule has 0 aliphatic carbocycles. The van der Waals surface area contributed by atoms with Crippen LogP contribution >= 0.6 is 0 Å². The highest BCUT2D eigenvalue weighted by atomic mass is 14.8. The van der Waals surface area contributed by atoms with E-state index in [1.807, 2.05) is 13.1 Å². The molecule has 1 rings (SSSR count). The maximum absolute atomic E-state index is 3.13. The Kier molecular flexibility index (Phi) is 4.27. The maximum atomic E-state index is 3.13. The summed E-state index contributed by atoms with van der Waals surface area (Å²) in [6, 6.07) is 10.5. The molecule has 1 N–H and O–H groups in total. The molecule has 0 atom stereocenters. The summed E-state index contributed by atoms with van der Waals surface area (Å²) in [6.07, 6.45) is 3.36. The van der Waals surface area contributed by atoms with Crippen molar-refractivity contribution in [1.82, 2.24) is 5.32 Å². The van der Waals surface area contributed by atoms with Gasteiger partial charge in [0.05, 0.1) is 0 Å². The average Bonchev–Trinajstić information content (AvgIpc) is 2.19. The Morgan fingerprint density at radius 1 is 1.31 bits per heavy atom. The zero-order valence-electron chi connectivity index (χ0n) is 8.38. The Morgan fingerprint density at radius 2 is 2.00 bits per heavy atom. The first-order valence-electron chi connectivity index (χ1n) is 4.71. The zero-order valence-corrected chi connectivity index (χ0v) is 8.38. The molecule has 1 aromatic rings. The molecule has 70 valence electrons. The number of allylic oxidation sites excluding steroid dienone is 1. The molecule has 0 aliphatic heterocycles. The Balaban J connectivity index is 2.57. The Bertz CT molecular complexity index is 262. The zero-order chi connectivity index (χ0) is 9.52. The van der Waals surface area contributed by atoms with Gasteiger partial charge in [-0.15, -0.1) is 0 Å². The monoisotopic (exact) mass is 175 g/mol. The summed E-state index contributed by atoms with van der Waals surface area (Å²) >= 11 is 0. The van der Waals surface area contributed by atoms with Gasteiger partial charge in [0.15, 0.2) is 0 Å². The molecule has 0 saturated heterocycles. The lowest BCUT2D eigenvalue weighted by Crippen LogP contribution is -2.05. The first-order chi connectivity index (χ1) is 6.34. The standard InChI is InChI=1S/C12H17N/c1-11(7-6-10-13-2)12-8-4-3-5-9-12/h3-5,7-9,13H,6,10H2,1-2H3. The van der Waals surface area contributed by atoms with Gasteiger partial charge in [-0.1, -0.05) is 36.4 Å². The molecule has 0 unspecified atom stereocenters. The van der Waals surface area contributed by atoms with Gasteiger partial charge in [-0.3, -0.25) is 0 Å². The fourth-order valence-corrected chi connectivity index (χ4v) is 1.25. The lowest BCUT2D eigenvalue weighted by molar-refractivity contribution is 0.808. The number of benzene rings is 1. The predicted molar refractivity (Wildman–Crippen MR) is 58.6 cm³/mol. The molecule has 0 spiro atoms. The molecule has 0 aromatic heterocycles. The highest BCUT2D eigenvalue weighted by molar-refractivity contribution is 5.63. The van der Waals surface area contributed by atoms with Gasteiger partial charge < -0.3 is 5.32 Å². The van der Waals surface area contributed by atoms with Gasteiger partial charge in [-0.2, -0.15) is 0 Å². The fourth-order valence-electron chi connectivity index (χ4n) is 1.25. The molecule has 13 heavy (non-hydrogen) atoms. The van der Waals surface area contributed by atoms with E-state index in [2.05, 4.69) is 42.6 Å². The van der Waals surface area contributed by atoms with E-state index < -0.39 is 0 Å². The van der Waals surface area contributed by atoms with E-state index in [0.717, 1.165) is 13.0 Å². The van der Waals surface area contributed by atoms with Crippen LogP contribution in [0.1, 0.15) is 18.9 Å². The van der Waals surface area contributed by atoms with Crippen molar-refractivity contribution < 1.29 is 0 Å². The molecule has 0 radical (unpaired) electrons. The van der Waals surface area contributed by atoms with Crippen molar-refractivity contribution >= 4 is 5.57 Å². The normalized spacial score (nSPS) is 11.7. The van der Waals surface area contributed by atoms with Crippen LogP contribution in [0.25, 0.3) is 5.57 Å². The molecule has 0 saturated carbocycles. The number of hydrogen-bond donors (Lipinski definition) is 1. The topological polar surface area (TPSA) is 12.0 Å². The van der Waals surface area contributed by atoms with Crippen molar-refractivity contribution in [1.29, 1.82) is 0 Å². The molecule has 1 heteroatoms. The fraction of sp³-hybridized carbons (Fsp3) is 0.333. The second-order valence-electron chi connectivity index (χ2n) is 3.15. The van der Waals surface area contributed by atoms with Crippen molar-refractivity contribution in [3.05, 3.63) is 42.0 Å². The van der Waals surface area contributed by atoms with Gasteiger partial charge in [0, 0.05) is 0 Å². The van der Waals surface area contributed by atoms with Gasteiger partial charge in [-0.25, -0.2) is 0 Å². The molecular formula is C12H17N. The molecule has 0 bridgehead atoms. The van der Waals surface area contributed by atoms with Crippen LogP contribution in [0.5, 0.6) is 0 Å². The molecule has 1 nitrogen and oxygen atoms in total. The van der Waals surface area contributed by atoms with E-state index in [4.69, 9.17) is 0 Å². The van der Waals surface area contributed by atoms with Crippen molar-refractivity contribution in [2.75, 3.05) is 13.6 Å². The van der Waals surface area contributed by atoms with Gasteiger partial charge in [-0.05, 0) is 38.1 Å². The van der Waals surface area contributed by atoms with Crippen LogP contribution in [0.4, 0.5) is 0 Å². The summed E-state index contributed by atoms with van der Waals surface area (Å²) in [4.78, 5) is 0. The second-order valence-corrected chi connectivity index (χ2v) is 3.15. The van der Waals surface area contributed by atoms with Crippen LogP contribution in [0, 0.1) is 0 Å². The van der Waals surface area contributed by atoms with Gasteiger partial charge in [0.25, 0.3) is 0 Å². The minimum Gasteiger partial charge on any atom is -0.319 e. The molecule has 1 aromatic carbocycles. The van der Waals surface area contributed by atoms with E-state index in [1.54, 1.807) is 0 Å². The van der Waals surface area contributed by atoms with E-state index in [1.165, 1.54) is 11.1 Å². The lowest BCUT2D eigenvalue weighted by Gasteiger charge is -2.00. The quantitative estimate of drug-likeness (QED) is 0.694.